The van der Waals surface area contributed by atoms with Gasteiger partial charge in [0.1, 0.15) is 0 Å². The Morgan fingerprint density at radius 2 is 2.25 bits per heavy atom. The van der Waals surface area contributed by atoms with Crippen molar-refractivity contribution >= 4 is 0 Å². The minimum absolute atomic E-state index is 0.374. The zero-order valence-corrected chi connectivity index (χ0v) is 8.97. The second kappa shape index (κ2) is 3.12. The van der Waals surface area contributed by atoms with Gasteiger partial charge in [-0.2, -0.15) is 4.98 Å². The molecule has 5 nitrogen and oxygen atoms in total. The zero-order chi connectivity index (χ0) is 11.2. The third-order valence-electron chi connectivity index (χ3n) is 2.92. The fourth-order valence-corrected chi connectivity index (χ4v) is 1.58. The molecule has 1 aliphatic carbocycles. The molecule has 0 radical (unpaired) electrons. The van der Waals surface area contributed by atoms with Gasteiger partial charge in [0.2, 0.25) is 11.7 Å². The number of nitrogens with two attached hydrogens (primary N) is 1. The average molecular weight is 216 g/mol. The summed E-state index contributed by atoms with van der Waals surface area (Å²) in [5.74, 6) is 1.10. The van der Waals surface area contributed by atoms with Crippen molar-refractivity contribution in [3.8, 4) is 11.4 Å². The van der Waals surface area contributed by atoms with E-state index < -0.39 is 0 Å². The summed E-state index contributed by atoms with van der Waals surface area (Å²) >= 11 is 0. The van der Waals surface area contributed by atoms with Gasteiger partial charge in [0.15, 0.2) is 0 Å². The van der Waals surface area contributed by atoms with Crippen LogP contribution in [-0.2, 0) is 5.54 Å². The van der Waals surface area contributed by atoms with Gasteiger partial charge in [-0.1, -0.05) is 5.16 Å². The molecule has 2 N–H and O–H groups in total. The molecule has 82 valence electrons. The van der Waals surface area contributed by atoms with Gasteiger partial charge in [0, 0.05) is 18.0 Å². The van der Waals surface area contributed by atoms with Crippen LogP contribution in [0.1, 0.15) is 24.3 Å². The van der Waals surface area contributed by atoms with E-state index in [1.54, 1.807) is 12.4 Å². The Bertz CT molecular complexity index is 530. The predicted molar refractivity (Wildman–Crippen MR) is 57.4 cm³/mol. The number of rotatable bonds is 2. The van der Waals surface area contributed by atoms with Crippen molar-refractivity contribution in [2.75, 3.05) is 0 Å². The van der Waals surface area contributed by atoms with Crippen molar-refractivity contribution in [2.45, 2.75) is 25.3 Å². The van der Waals surface area contributed by atoms with Gasteiger partial charge in [0.25, 0.3) is 0 Å². The first kappa shape index (κ1) is 9.47. The highest BCUT2D eigenvalue weighted by Gasteiger charge is 2.45. The van der Waals surface area contributed by atoms with Gasteiger partial charge >= 0.3 is 0 Å². The van der Waals surface area contributed by atoms with Gasteiger partial charge < -0.3 is 10.3 Å². The van der Waals surface area contributed by atoms with Crippen LogP contribution in [0.25, 0.3) is 11.4 Å². The van der Waals surface area contributed by atoms with Gasteiger partial charge in [-0.25, -0.2) is 0 Å². The molecule has 1 saturated carbocycles. The Kier molecular flexibility index (Phi) is 1.85. The standard InChI is InChI=1S/C11H12N4O/c1-7-2-5-13-6-8(7)9-14-10(16-15-9)11(12)3-4-11/h2,5-6H,3-4,12H2,1H3. The normalized spacial score (nSPS) is 17.4. The Morgan fingerprint density at radius 3 is 2.94 bits per heavy atom. The molecule has 2 aromatic heterocycles. The Hall–Kier alpha value is -1.75. The van der Waals surface area contributed by atoms with Gasteiger partial charge in [-0.15, -0.1) is 0 Å². The van der Waals surface area contributed by atoms with Crippen LogP contribution in [-0.4, -0.2) is 15.1 Å². The highest BCUT2D eigenvalue weighted by Crippen LogP contribution is 2.42. The molecule has 0 aromatic carbocycles. The summed E-state index contributed by atoms with van der Waals surface area (Å²) < 4.78 is 5.19. The molecule has 16 heavy (non-hydrogen) atoms. The molecule has 2 heterocycles. The molecule has 1 fully saturated rings. The van der Waals surface area contributed by atoms with E-state index in [9.17, 15) is 0 Å². The molecule has 0 bridgehead atoms. The summed E-state index contributed by atoms with van der Waals surface area (Å²) in [7, 11) is 0. The monoisotopic (exact) mass is 216 g/mol. The molecular formula is C11H12N4O. The fraction of sp³-hybridized carbons (Fsp3) is 0.364. The van der Waals surface area contributed by atoms with Crippen molar-refractivity contribution < 1.29 is 4.52 Å². The highest BCUT2D eigenvalue weighted by atomic mass is 16.5. The van der Waals surface area contributed by atoms with E-state index in [4.69, 9.17) is 10.3 Å². The van der Waals surface area contributed by atoms with E-state index in [2.05, 4.69) is 15.1 Å². The van der Waals surface area contributed by atoms with E-state index >= 15 is 0 Å². The van der Waals surface area contributed by atoms with Crippen molar-refractivity contribution in [3.63, 3.8) is 0 Å². The number of nitrogens with zero attached hydrogens (tertiary/aromatic N) is 3. The van der Waals surface area contributed by atoms with Crippen LogP contribution in [0.4, 0.5) is 0 Å². The van der Waals surface area contributed by atoms with Gasteiger partial charge in [-0.05, 0) is 31.4 Å². The lowest BCUT2D eigenvalue weighted by molar-refractivity contribution is 0.348. The number of hydrogen-bond acceptors (Lipinski definition) is 5. The van der Waals surface area contributed by atoms with Crippen LogP contribution in [0.2, 0.25) is 0 Å². The maximum absolute atomic E-state index is 5.99. The van der Waals surface area contributed by atoms with E-state index in [0.29, 0.717) is 11.7 Å². The van der Waals surface area contributed by atoms with E-state index in [0.717, 1.165) is 24.0 Å². The van der Waals surface area contributed by atoms with E-state index in [-0.39, 0.29) is 5.54 Å². The molecule has 1 aliphatic rings. The van der Waals surface area contributed by atoms with Crippen LogP contribution < -0.4 is 5.73 Å². The molecule has 3 rings (SSSR count). The molecule has 0 atom stereocenters. The first-order valence-electron chi connectivity index (χ1n) is 5.23. The third-order valence-corrected chi connectivity index (χ3v) is 2.92. The molecule has 0 spiro atoms. The molecule has 2 aromatic rings. The SMILES string of the molecule is Cc1ccncc1-c1noc(C2(N)CC2)n1. The van der Waals surface area contributed by atoms with Crippen LogP contribution >= 0.6 is 0 Å². The average Bonchev–Trinajstić information content (AvgIpc) is 2.84. The first-order valence-corrected chi connectivity index (χ1v) is 5.23. The van der Waals surface area contributed by atoms with Crippen LogP contribution in [0.5, 0.6) is 0 Å². The number of hydrogen-bond donors (Lipinski definition) is 1. The first-order chi connectivity index (χ1) is 7.69. The molecule has 0 unspecified atom stereocenters. The largest absolute Gasteiger partial charge is 0.337 e. The van der Waals surface area contributed by atoms with E-state index in [1.165, 1.54) is 0 Å². The van der Waals surface area contributed by atoms with E-state index in [1.807, 2.05) is 13.0 Å². The Balaban J connectivity index is 2.02. The molecule has 0 saturated heterocycles. The lowest BCUT2D eigenvalue weighted by Crippen LogP contribution is -2.18. The Morgan fingerprint density at radius 1 is 1.44 bits per heavy atom. The highest BCUT2D eigenvalue weighted by molar-refractivity contribution is 5.57. The zero-order valence-electron chi connectivity index (χ0n) is 8.97. The molecule has 0 aliphatic heterocycles. The summed E-state index contributed by atoms with van der Waals surface area (Å²) in [6.45, 7) is 1.99. The smallest absolute Gasteiger partial charge is 0.247 e. The van der Waals surface area contributed by atoms with Crippen molar-refractivity contribution in [1.29, 1.82) is 0 Å². The quantitative estimate of drug-likeness (QED) is 0.820. The van der Waals surface area contributed by atoms with Gasteiger partial charge in [-0.3, -0.25) is 4.98 Å². The topological polar surface area (TPSA) is 77.8 Å². The second-order valence-electron chi connectivity index (χ2n) is 4.27. The third kappa shape index (κ3) is 1.40. The number of aryl methyl sites for hydroxylation is 1. The lowest BCUT2D eigenvalue weighted by atomic mass is 10.1. The number of aromatic nitrogens is 3. The maximum atomic E-state index is 5.99. The minimum Gasteiger partial charge on any atom is -0.337 e. The van der Waals surface area contributed by atoms with Crippen LogP contribution in [0.3, 0.4) is 0 Å². The maximum Gasteiger partial charge on any atom is 0.247 e. The summed E-state index contributed by atoms with van der Waals surface area (Å²) in [6.07, 6.45) is 5.31. The van der Waals surface area contributed by atoms with Crippen molar-refractivity contribution in [1.82, 2.24) is 15.1 Å². The van der Waals surface area contributed by atoms with Gasteiger partial charge in [0.05, 0.1) is 5.54 Å². The second-order valence-corrected chi connectivity index (χ2v) is 4.27. The molecule has 5 heteroatoms. The molecule has 0 amide bonds. The van der Waals surface area contributed by atoms with Crippen molar-refractivity contribution in [3.05, 3.63) is 29.9 Å². The minimum atomic E-state index is -0.374. The Labute approximate surface area is 92.7 Å². The number of pyridine rings is 1. The predicted octanol–water partition coefficient (Wildman–Crippen LogP) is 1.39. The summed E-state index contributed by atoms with van der Waals surface area (Å²) in [5.41, 5.74) is 7.58. The summed E-state index contributed by atoms with van der Waals surface area (Å²) in [4.78, 5) is 8.39. The summed E-state index contributed by atoms with van der Waals surface area (Å²) in [6, 6.07) is 1.92. The fourth-order valence-electron chi connectivity index (χ4n) is 1.58. The molecular weight excluding hydrogens is 204 g/mol. The lowest BCUT2D eigenvalue weighted by Gasteiger charge is -1.99. The summed E-state index contributed by atoms with van der Waals surface area (Å²) in [5, 5.41) is 3.95. The van der Waals surface area contributed by atoms with Crippen molar-refractivity contribution in [2.24, 2.45) is 5.73 Å². The van der Waals surface area contributed by atoms with Crippen LogP contribution in [0.15, 0.2) is 23.0 Å². The van der Waals surface area contributed by atoms with Crippen LogP contribution in [0, 0.1) is 6.92 Å².